The van der Waals surface area contributed by atoms with E-state index >= 15 is 0 Å². The molecule has 13 heavy (non-hydrogen) atoms. The summed E-state index contributed by atoms with van der Waals surface area (Å²) in [5.74, 6) is 1.90. The third-order valence-corrected chi connectivity index (χ3v) is 3.38. The number of hydrogen-bond donors (Lipinski definition) is 1. The summed E-state index contributed by atoms with van der Waals surface area (Å²) in [6.45, 7) is 6.22. The largest absolute Gasteiger partial charge is 0.314 e. The standard InChI is InChI=1S/C12H23N/c1-4-12(13-3)9-11-7-5-10(2)6-8-11/h4,10-13H,1,5-9H2,2-3H3. The molecule has 1 aliphatic carbocycles. The van der Waals surface area contributed by atoms with E-state index in [9.17, 15) is 0 Å². The summed E-state index contributed by atoms with van der Waals surface area (Å²) in [5.41, 5.74) is 0. The van der Waals surface area contributed by atoms with Crippen LogP contribution in [0.15, 0.2) is 12.7 Å². The summed E-state index contributed by atoms with van der Waals surface area (Å²) in [4.78, 5) is 0. The van der Waals surface area contributed by atoms with Crippen LogP contribution in [0.25, 0.3) is 0 Å². The quantitative estimate of drug-likeness (QED) is 0.657. The van der Waals surface area contributed by atoms with Gasteiger partial charge >= 0.3 is 0 Å². The fourth-order valence-corrected chi connectivity index (χ4v) is 2.26. The molecule has 0 aromatic carbocycles. The van der Waals surface area contributed by atoms with Gasteiger partial charge in [-0.25, -0.2) is 0 Å². The highest BCUT2D eigenvalue weighted by Crippen LogP contribution is 2.31. The van der Waals surface area contributed by atoms with Crippen molar-refractivity contribution in [2.24, 2.45) is 11.8 Å². The zero-order chi connectivity index (χ0) is 9.68. The van der Waals surface area contributed by atoms with Gasteiger partial charge in [0.1, 0.15) is 0 Å². The summed E-state index contributed by atoms with van der Waals surface area (Å²) in [6, 6.07) is 0.526. The third kappa shape index (κ3) is 3.51. The molecule has 1 rings (SSSR count). The van der Waals surface area contributed by atoms with Gasteiger partial charge in [0, 0.05) is 6.04 Å². The molecule has 0 saturated heterocycles. The Labute approximate surface area is 82.6 Å². The van der Waals surface area contributed by atoms with Crippen molar-refractivity contribution in [1.29, 1.82) is 0 Å². The second-order valence-corrected chi connectivity index (χ2v) is 4.49. The smallest absolute Gasteiger partial charge is 0.0247 e. The lowest BCUT2D eigenvalue weighted by atomic mass is 9.80. The minimum Gasteiger partial charge on any atom is -0.314 e. The molecule has 0 spiro atoms. The predicted molar refractivity (Wildman–Crippen MR) is 58.8 cm³/mol. The van der Waals surface area contributed by atoms with Crippen molar-refractivity contribution in [1.82, 2.24) is 5.32 Å². The number of hydrogen-bond acceptors (Lipinski definition) is 1. The molecule has 1 nitrogen and oxygen atoms in total. The maximum absolute atomic E-state index is 3.85. The highest BCUT2D eigenvalue weighted by molar-refractivity contribution is 4.87. The Morgan fingerprint density at radius 2 is 2.00 bits per heavy atom. The van der Waals surface area contributed by atoms with Gasteiger partial charge in [-0.15, -0.1) is 6.58 Å². The fraction of sp³-hybridized carbons (Fsp3) is 0.833. The van der Waals surface area contributed by atoms with Crippen molar-refractivity contribution in [2.45, 2.75) is 45.1 Å². The van der Waals surface area contributed by atoms with Crippen LogP contribution < -0.4 is 5.32 Å². The number of likely N-dealkylation sites (N-methyl/N-ethyl adjacent to an activating group) is 1. The molecule has 1 fully saturated rings. The van der Waals surface area contributed by atoms with Gasteiger partial charge in [0.05, 0.1) is 0 Å². The van der Waals surface area contributed by atoms with Crippen LogP contribution in [-0.2, 0) is 0 Å². The zero-order valence-electron chi connectivity index (χ0n) is 9.05. The normalized spacial score (nSPS) is 31.2. The van der Waals surface area contributed by atoms with E-state index in [1.807, 2.05) is 13.1 Å². The molecule has 1 saturated carbocycles. The van der Waals surface area contributed by atoms with Crippen LogP contribution in [0.5, 0.6) is 0 Å². The molecule has 76 valence electrons. The van der Waals surface area contributed by atoms with E-state index in [0.29, 0.717) is 6.04 Å². The van der Waals surface area contributed by atoms with Crippen molar-refractivity contribution in [3.8, 4) is 0 Å². The highest BCUT2D eigenvalue weighted by Gasteiger charge is 2.19. The molecule has 0 aromatic heterocycles. The van der Waals surface area contributed by atoms with E-state index in [4.69, 9.17) is 0 Å². The number of nitrogens with one attached hydrogen (secondary N) is 1. The Hall–Kier alpha value is -0.300. The van der Waals surface area contributed by atoms with Crippen LogP contribution in [0.1, 0.15) is 39.0 Å². The average Bonchev–Trinajstić information content (AvgIpc) is 2.17. The van der Waals surface area contributed by atoms with Gasteiger partial charge in [-0.2, -0.15) is 0 Å². The first-order chi connectivity index (χ1) is 6.26. The van der Waals surface area contributed by atoms with Crippen LogP contribution >= 0.6 is 0 Å². The van der Waals surface area contributed by atoms with Gasteiger partial charge in [0.25, 0.3) is 0 Å². The topological polar surface area (TPSA) is 12.0 Å². The molecule has 0 aromatic rings. The fourth-order valence-electron chi connectivity index (χ4n) is 2.26. The summed E-state index contributed by atoms with van der Waals surface area (Å²) in [6.07, 6.45) is 9.03. The van der Waals surface area contributed by atoms with Crippen molar-refractivity contribution in [2.75, 3.05) is 7.05 Å². The van der Waals surface area contributed by atoms with Gasteiger partial charge in [0.2, 0.25) is 0 Å². The van der Waals surface area contributed by atoms with Crippen molar-refractivity contribution in [3.63, 3.8) is 0 Å². The molecule has 1 N–H and O–H groups in total. The van der Waals surface area contributed by atoms with Gasteiger partial charge < -0.3 is 5.32 Å². The van der Waals surface area contributed by atoms with Crippen molar-refractivity contribution in [3.05, 3.63) is 12.7 Å². The first-order valence-electron chi connectivity index (χ1n) is 5.56. The minimum absolute atomic E-state index is 0.526. The lowest BCUT2D eigenvalue weighted by Crippen LogP contribution is -2.27. The van der Waals surface area contributed by atoms with Crippen LogP contribution in [0, 0.1) is 11.8 Å². The molecule has 0 bridgehead atoms. The predicted octanol–water partition coefficient (Wildman–Crippen LogP) is 2.98. The Kier molecular flexibility index (Phi) is 4.51. The van der Waals surface area contributed by atoms with Crippen molar-refractivity contribution < 1.29 is 0 Å². The molecule has 1 atom stereocenters. The Bertz CT molecular complexity index is 145. The second-order valence-electron chi connectivity index (χ2n) is 4.49. The maximum atomic E-state index is 3.85. The van der Waals surface area contributed by atoms with E-state index in [1.165, 1.54) is 32.1 Å². The first-order valence-corrected chi connectivity index (χ1v) is 5.56. The Morgan fingerprint density at radius 1 is 1.38 bits per heavy atom. The molecular weight excluding hydrogens is 158 g/mol. The lowest BCUT2D eigenvalue weighted by Gasteiger charge is -2.28. The maximum Gasteiger partial charge on any atom is 0.0247 e. The van der Waals surface area contributed by atoms with E-state index in [-0.39, 0.29) is 0 Å². The van der Waals surface area contributed by atoms with E-state index in [0.717, 1.165) is 11.8 Å². The SMILES string of the molecule is C=CC(CC1CCC(C)CC1)NC. The lowest BCUT2D eigenvalue weighted by molar-refractivity contribution is 0.266. The summed E-state index contributed by atoms with van der Waals surface area (Å²) in [7, 11) is 2.03. The zero-order valence-corrected chi connectivity index (χ0v) is 9.05. The van der Waals surface area contributed by atoms with E-state index in [1.54, 1.807) is 0 Å². The Balaban J connectivity index is 2.25. The van der Waals surface area contributed by atoms with Crippen molar-refractivity contribution >= 4 is 0 Å². The summed E-state index contributed by atoms with van der Waals surface area (Å²) < 4.78 is 0. The number of rotatable bonds is 4. The molecule has 1 heteroatoms. The minimum atomic E-state index is 0.526. The second kappa shape index (κ2) is 5.43. The molecule has 0 aliphatic heterocycles. The highest BCUT2D eigenvalue weighted by atomic mass is 14.9. The van der Waals surface area contributed by atoms with Crippen LogP contribution in [0.3, 0.4) is 0 Å². The van der Waals surface area contributed by atoms with Crippen LogP contribution in [0.2, 0.25) is 0 Å². The van der Waals surface area contributed by atoms with E-state index < -0.39 is 0 Å². The van der Waals surface area contributed by atoms with Gasteiger partial charge in [-0.3, -0.25) is 0 Å². The third-order valence-electron chi connectivity index (χ3n) is 3.38. The molecule has 1 unspecified atom stereocenters. The molecule has 0 amide bonds. The molecule has 1 aliphatic rings. The van der Waals surface area contributed by atoms with E-state index in [2.05, 4.69) is 18.8 Å². The van der Waals surface area contributed by atoms with Crippen LogP contribution in [0.4, 0.5) is 0 Å². The van der Waals surface area contributed by atoms with Gasteiger partial charge in [-0.05, 0) is 25.3 Å². The first kappa shape index (κ1) is 10.8. The average molecular weight is 181 g/mol. The molecule has 0 heterocycles. The van der Waals surface area contributed by atoms with Gasteiger partial charge in [0.15, 0.2) is 0 Å². The monoisotopic (exact) mass is 181 g/mol. The summed E-state index contributed by atoms with van der Waals surface area (Å²) in [5, 5.41) is 3.29. The molecular formula is C12H23N. The molecule has 0 radical (unpaired) electrons. The van der Waals surface area contributed by atoms with Crippen LogP contribution in [-0.4, -0.2) is 13.1 Å². The summed E-state index contributed by atoms with van der Waals surface area (Å²) >= 11 is 0. The Morgan fingerprint density at radius 3 is 2.46 bits per heavy atom. The van der Waals surface area contributed by atoms with Gasteiger partial charge in [-0.1, -0.05) is 38.7 Å².